The number of hydrogen-bond acceptors (Lipinski definition) is 7. The van der Waals surface area contributed by atoms with E-state index in [0.29, 0.717) is 38.5 Å². The molecule has 4 N–H and O–H groups in total. The Balaban J connectivity index is 1.89. The van der Waals surface area contributed by atoms with Crippen molar-refractivity contribution < 1.29 is 25.9 Å². The summed E-state index contributed by atoms with van der Waals surface area (Å²) < 4.78 is 62.9. The Kier molecular flexibility index (Phi) is 5.77. The van der Waals surface area contributed by atoms with Gasteiger partial charge in [0.25, 0.3) is 20.2 Å². The van der Waals surface area contributed by atoms with E-state index in [2.05, 4.69) is 10.2 Å². The molecule has 2 fully saturated rings. The lowest BCUT2D eigenvalue weighted by Gasteiger charge is -2.30. The summed E-state index contributed by atoms with van der Waals surface area (Å²) in [5.41, 5.74) is 5.73. The molecule has 9 nitrogen and oxygen atoms in total. The fourth-order valence-corrected chi connectivity index (χ4v) is 5.14. The van der Waals surface area contributed by atoms with Crippen LogP contribution in [0.15, 0.2) is 10.2 Å². The van der Waals surface area contributed by atoms with E-state index in [-0.39, 0.29) is 18.5 Å². The minimum Gasteiger partial charge on any atom is -0.326 e. The maximum absolute atomic E-state index is 11.3. The quantitative estimate of drug-likeness (QED) is 0.487. The number of nitrogens with zero attached hydrogens (tertiary/aromatic N) is 2. The molecule has 0 heterocycles. The molecule has 2 saturated carbocycles. The summed E-state index contributed by atoms with van der Waals surface area (Å²) in [6, 6.07) is -1.02. The Morgan fingerprint density at radius 1 is 0.783 bits per heavy atom. The van der Waals surface area contributed by atoms with Crippen molar-refractivity contribution in [3.63, 3.8) is 0 Å². The third kappa shape index (κ3) is 5.18. The van der Waals surface area contributed by atoms with E-state index in [1.807, 2.05) is 0 Å². The molecule has 0 aromatic heterocycles. The summed E-state index contributed by atoms with van der Waals surface area (Å²) >= 11 is 0. The minimum absolute atomic E-state index is 0.118. The molecule has 0 bridgehead atoms. The summed E-state index contributed by atoms with van der Waals surface area (Å²) in [5, 5.41) is 6.62. The van der Waals surface area contributed by atoms with Gasteiger partial charge < -0.3 is 5.73 Å². The molecule has 11 heteroatoms. The third-order valence-electron chi connectivity index (χ3n) is 4.66. The van der Waals surface area contributed by atoms with Crippen molar-refractivity contribution in [1.29, 1.82) is 0 Å². The van der Waals surface area contributed by atoms with Crippen molar-refractivity contribution in [3.05, 3.63) is 0 Å². The molecule has 2 rings (SSSR count). The van der Waals surface area contributed by atoms with Crippen LogP contribution in [0.1, 0.15) is 44.9 Å². The first kappa shape index (κ1) is 18.7. The molecule has 0 aromatic rings. The molecule has 0 amide bonds. The van der Waals surface area contributed by atoms with E-state index < -0.39 is 36.8 Å². The highest BCUT2D eigenvalue weighted by atomic mass is 32.2. The van der Waals surface area contributed by atoms with E-state index in [9.17, 15) is 21.4 Å². The molecule has 0 spiro atoms. The molecular formula is C12H23N3O6S2. The number of azo groups is 1. The molecule has 3 atom stereocenters. The highest BCUT2D eigenvalue weighted by Crippen LogP contribution is 2.28. The molecule has 0 saturated heterocycles. The Hall–Kier alpha value is -0.620. The van der Waals surface area contributed by atoms with Gasteiger partial charge in [-0.05, 0) is 44.9 Å². The zero-order valence-corrected chi connectivity index (χ0v) is 14.3. The second kappa shape index (κ2) is 7.09. The van der Waals surface area contributed by atoms with E-state index in [1.54, 1.807) is 0 Å². The van der Waals surface area contributed by atoms with Gasteiger partial charge in [0.1, 0.15) is 5.25 Å². The molecule has 134 valence electrons. The minimum atomic E-state index is -4.20. The lowest BCUT2D eigenvalue weighted by Crippen LogP contribution is -2.46. The Morgan fingerprint density at radius 2 is 1.30 bits per heavy atom. The van der Waals surface area contributed by atoms with Gasteiger partial charge in [0.15, 0.2) is 0 Å². The van der Waals surface area contributed by atoms with Crippen LogP contribution in [0.25, 0.3) is 0 Å². The van der Waals surface area contributed by atoms with Crippen LogP contribution in [0, 0.1) is 0 Å². The SMILES string of the molecule is NC1CCC(N=NC2CCC(S(=O)(=O)O)CC2)CC1S(=O)(=O)O. The fraction of sp³-hybridized carbons (Fsp3) is 1.00. The van der Waals surface area contributed by atoms with Gasteiger partial charge in [0.05, 0.1) is 17.3 Å². The van der Waals surface area contributed by atoms with Gasteiger partial charge in [-0.15, -0.1) is 0 Å². The molecule has 23 heavy (non-hydrogen) atoms. The summed E-state index contributed by atoms with van der Waals surface area (Å²) in [7, 11) is -8.19. The van der Waals surface area contributed by atoms with Crippen LogP contribution in [-0.4, -0.2) is 54.6 Å². The fourth-order valence-electron chi connectivity index (χ4n) is 3.23. The first-order valence-electron chi connectivity index (χ1n) is 7.65. The predicted molar refractivity (Wildman–Crippen MR) is 83.4 cm³/mol. The zero-order chi connectivity index (χ0) is 17.3. The van der Waals surface area contributed by atoms with Gasteiger partial charge in [-0.3, -0.25) is 9.11 Å². The lowest BCUT2D eigenvalue weighted by molar-refractivity contribution is 0.348. The van der Waals surface area contributed by atoms with E-state index in [0.717, 1.165) is 0 Å². The first-order valence-corrected chi connectivity index (χ1v) is 10.7. The van der Waals surface area contributed by atoms with Gasteiger partial charge in [-0.2, -0.15) is 27.1 Å². The third-order valence-corrected chi connectivity index (χ3v) is 7.28. The number of rotatable bonds is 4. The van der Waals surface area contributed by atoms with Crippen molar-refractivity contribution in [2.24, 2.45) is 16.0 Å². The predicted octanol–water partition coefficient (Wildman–Crippen LogP) is 0.774. The van der Waals surface area contributed by atoms with Crippen molar-refractivity contribution in [3.8, 4) is 0 Å². The van der Waals surface area contributed by atoms with Gasteiger partial charge in [-0.25, -0.2) is 0 Å². The molecule has 3 unspecified atom stereocenters. The molecular weight excluding hydrogens is 346 g/mol. The van der Waals surface area contributed by atoms with Crippen molar-refractivity contribution >= 4 is 20.2 Å². The van der Waals surface area contributed by atoms with Crippen LogP contribution < -0.4 is 5.73 Å². The average Bonchev–Trinajstić information content (AvgIpc) is 2.44. The van der Waals surface area contributed by atoms with Crippen molar-refractivity contribution in [1.82, 2.24) is 0 Å². The van der Waals surface area contributed by atoms with Gasteiger partial charge >= 0.3 is 0 Å². The smallest absolute Gasteiger partial charge is 0.269 e. The van der Waals surface area contributed by atoms with Crippen molar-refractivity contribution in [2.75, 3.05) is 0 Å². The highest BCUT2D eigenvalue weighted by molar-refractivity contribution is 7.86. The standard InChI is InChI=1S/C12H23N3O6S2/c13-11-6-3-9(7-12(11)23(19,20)21)15-14-8-1-4-10(5-2-8)22(16,17)18/h8-12H,1-7,13H2,(H,16,17,18)(H,19,20,21). The van der Waals surface area contributed by atoms with Crippen LogP contribution in [0.2, 0.25) is 0 Å². The van der Waals surface area contributed by atoms with Crippen molar-refractivity contribution in [2.45, 2.75) is 73.6 Å². The molecule has 0 aromatic carbocycles. The monoisotopic (exact) mass is 369 g/mol. The maximum atomic E-state index is 11.3. The highest BCUT2D eigenvalue weighted by Gasteiger charge is 2.37. The van der Waals surface area contributed by atoms with E-state index in [1.165, 1.54) is 0 Å². The molecule has 0 radical (unpaired) electrons. The summed E-state index contributed by atoms with van der Waals surface area (Å²) in [6.45, 7) is 0. The van der Waals surface area contributed by atoms with Crippen LogP contribution in [0.5, 0.6) is 0 Å². The van der Waals surface area contributed by atoms with Crippen LogP contribution >= 0.6 is 0 Å². The summed E-state index contributed by atoms with van der Waals surface area (Å²) in [6.07, 6.45) is 2.91. The largest absolute Gasteiger partial charge is 0.326 e. The van der Waals surface area contributed by atoms with Gasteiger partial charge in [0.2, 0.25) is 0 Å². The zero-order valence-electron chi connectivity index (χ0n) is 12.7. The molecule has 2 aliphatic carbocycles. The van der Waals surface area contributed by atoms with Crippen LogP contribution in [0.4, 0.5) is 0 Å². The summed E-state index contributed by atoms with van der Waals surface area (Å²) in [5.74, 6) is 0. The van der Waals surface area contributed by atoms with Crippen LogP contribution in [0.3, 0.4) is 0 Å². The Bertz CT molecular complexity index is 640. The maximum Gasteiger partial charge on any atom is 0.269 e. The topological polar surface area (TPSA) is 159 Å². The number of hydrogen-bond donors (Lipinski definition) is 3. The molecule has 2 aliphatic rings. The Labute approximate surface area is 136 Å². The normalized spacial score (nSPS) is 37.1. The lowest BCUT2D eigenvalue weighted by atomic mass is 9.92. The van der Waals surface area contributed by atoms with Gasteiger partial charge in [-0.1, -0.05) is 0 Å². The average molecular weight is 369 g/mol. The number of nitrogens with two attached hydrogens (primary N) is 1. The Morgan fingerprint density at radius 3 is 1.83 bits per heavy atom. The summed E-state index contributed by atoms with van der Waals surface area (Å²) in [4.78, 5) is 0. The van der Waals surface area contributed by atoms with Gasteiger partial charge in [0, 0.05) is 6.04 Å². The molecule has 0 aliphatic heterocycles. The van der Waals surface area contributed by atoms with E-state index >= 15 is 0 Å². The first-order chi connectivity index (χ1) is 10.6. The second-order valence-electron chi connectivity index (χ2n) is 6.36. The van der Waals surface area contributed by atoms with Crippen LogP contribution in [-0.2, 0) is 20.2 Å². The second-order valence-corrected chi connectivity index (χ2v) is 9.69. The van der Waals surface area contributed by atoms with E-state index in [4.69, 9.17) is 10.3 Å².